The van der Waals surface area contributed by atoms with E-state index >= 15 is 0 Å². The quantitative estimate of drug-likeness (QED) is 0.732. The molecule has 3 heteroatoms. The van der Waals surface area contributed by atoms with Crippen LogP contribution in [-0.2, 0) is 4.79 Å². The minimum absolute atomic E-state index is 0.201. The molecule has 0 heterocycles. The van der Waals surface area contributed by atoms with E-state index in [0.717, 1.165) is 19.4 Å². The fourth-order valence-corrected chi connectivity index (χ4v) is 2.90. The van der Waals surface area contributed by atoms with E-state index in [1.807, 2.05) is 0 Å². The van der Waals surface area contributed by atoms with E-state index in [9.17, 15) is 4.79 Å². The van der Waals surface area contributed by atoms with Gasteiger partial charge in [0.25, 0.3) is 0 Å². The van der Waals surface area contributed by atoms with Crippen LogP contribution < -0.4 is 5.32 Å². The van der Waals surface area contributed by atoms with Gasteiger partial charge in [0, 0.05) is 12.5 Å². The van der Waals surface area contributed by atoms with Gasteiger partial charge in [-0.1, -0.05) is 33.6 Å². The fraction of sp³-hybridized carbons (Fsp3) is 0.933. The third kappa shape index (κ3) is 5.85. The molecule has 18 heavy (non-hydrogen) atoms. The summed E-state index contributed by atoms with van der Waals surface area (Å²) < 4.78 is 0. The molecule has 0 saturated heterocycles. The van der Waals surface area contributed by atoms with Crippen molar-refractivity contribution in [1.82, 2.24) is 5.32 Å². The van der Waals surface area contributed by atoms with Crippen molar-refractivity contribution in [3.8, 4) is 0 Å². The van der Waals surface area contributed by atoms with E-state index in [0.29, 0.717) is 18.4 Å². The third-order valence-electron chi connectivity index (χ3n) is 4.21. The number of carboxylic acids is 1. The third-order valence-corrected chi connectivity index (χ3v) is 4.21. The predicted octanol–water partition coefficient (Wildman–Crippen LogP) is 3.44. The van der Waals surface area contributed by atoms with Crippen molar-refractivity contribution < 1.29 is 9.90 Å². The first-order valence-corrected chi connectivity index (χ1v) is 7.35. The standard InChI is InChI=1S/C15H29NO2/c1-15(2,3)12(8-9-14(17)18)10-11-16-13-6-4-5-7-13/h12-13,16H,4-11H2,1-3H3,(H,17,18). The number of hydrogen-bond donors (Lipinski definition) is 2. The smallest absolute Gasteiger partial charge is 0.303 e. The molecule has 0 amide bonds. The van der Waals surface area contributed by atoms with Crippen LogP contribution in [0.15, 0.2) is 0 Å². The van der Waals surface area contributed by atoms with Crippen molar-refractivity contribution in [2.75, 3.05) is 6.54 Å². The number of aliphatic carboxylic acids is 1. The Labute approximate surface area is 111 Å². The fourth-order valence-electron chi connectivity index (χ4n) is 2.90. The van der Waals surface area contributed by atoms with Crippen LogP contribution in [0.4, 0.5) is 0 Å². The second-order valence-corrected chi connectivity index (χ2v) is 6.72. The van der Waals surface area contributed by atoms with Gasteiger partial charge in [-0.3, -0.25) is 4.79 Å². The average molecular weight is 255 g/mol. The summed E-state index contributed by atoms with van der Waals surface area (Å²) >= 11 is 0. The first-order valence-electron chi connectivity index (χ1n) is 7.35. The molecule has 106 valence electrons. The molecule has 2 N–H and O–H groups in total. The normalized spacial score (nSPS) is 19.1. The molecule has 1 atom stereocenters. The van der Waals surface area contributed by atoms with Crippen LogP contribution in [0.5, 0.6) is 0 Å². The van der Waals surface area contributed by atoms with Crippen molar-refractivity contribution in [3.63, 3.8) is 0 Å². The highest BCUT2D eigenvalue weighted by Crippen LogP contribution is 2.32. The Kier molecular flexibility index (Phi) is 6.13. The molecule has 0 aromatic carbocycles. The number of carbonyl (C=O) groups is 1. The van der Waals surface area contributed by atoms with Crippen LogP contribution in [0.1, 0.15) is 65.7 Å². The Morgan fingerprint density at radius 2 is 1.89 bits per heavy atom. The number of rotatable bonds is 7. The summed E-state index contributed by atoms with van der Waals surface area (Å²) in [6.07, 6.45) is 7.53. The zero-order valence-corrected chi connectivity index (χ0v) is 12.2. The number of carboxylic acid groups (broad SMARTS) is 1. The highest BCUT2D eigenvalue weighted by atomic mass is 16.4. The Morgan fingerprint density at radius 1 is 1.28 bits per heavy atom. The Balaban J connectivity index is 2.28. The lowest BCUT2D eigenvalue weighted by Gasteiger charge is -2.31. The summed E-state index contributed by atoms with van der Waals surface area (Å²) in [7, 11) is 0. The summed E-state index contributed by atoms with van der Waals surface area (Å²) in [4.78, 5) is 10.7. The van der Waals surface area contributed by atoms with Gasteiger partial charge in [0.1, 0.15) is 0 Å². The topological polar surface area (TPSA) is 49.3 Å². The van der Waals surface area contributed by atoms with Crippen LogP contribution in [0.25, 0.3) is 0 Å². The summed E-state index contributed by atoms with van der Waals surface area (Å²) in [6, 6.07) is 0.713. The Hall–Kier alpha value is -0.570. The Bertz CT molecular complexity index is 252. The molecule has 0 bridgehead atoms. The first-order chi connectivity index (χ1) is 8.39. The van der Waals surface area contributed by atoms with Gasteiger partial charge >= 0.3 is 5.97 Å². The van der Waals surface area contributed by atoms with E-state index in [1.165, 1.54) is 25.7 Å². The predicted molar refractivity (Wildman–Crippen MR) is 74.7 cm³/mol. The summed E-state index contributed by atoms with van der Waals surface area (Å²) in [5.74, 6) is -0.185. The molecule has 1 aliphatic rings. The van der Waals surface area contributed by atoms with E-state index in [4.69, 9.17) is 5.11 Å². The minimum atomic E-state index is -0.673. The van der Waals surface area contributed by atoms with Gasteiger partial charge in [-0.05, 0) is 43.6 Å². The summed E-state index contributed by atoms with van der Waals surface area (Å²) in [5.41, 5.74) is 0.201. The molecular formula is C15H29NO2. The second-order valence-electron chi connectivity index (χ2n) is 6.72. The number of hydrogen-bond acceptors (Lipinski definition) is 2. The van der Waals surface area contributed by atoms with Crippen LogP contribution in [0, 0.1) is 11.3 Å². The van der Waals surface area contributed by atoms with E-state index in [2.05, 4.69) is 26.1 Å². The molecule has 3 nitrogen and oxygen atoms in total. The van der Waals surface area contributed by atoms with Gasteiger partial charge < -0.3 is 10.4 Å². The van der Waals surface area contributed by atoms with Crippen LogP contribution >= 0.6 is 0 Å². The van der Waals surface area contributed by atoms with E-state index < -0.39 is 5.97 Å². The van der Waals surface area contributed by atoms with Crippen LogP contribution in [0.3, 0.4) is 0 Å². The van der Waals surface area contributed by atoms with Crippen molar-refractivity contribution in [3.05, 3.63) is 0 Å². The monoisotopic (exact) mass is 255 g/mol. The highest BCUT2D eigenvalue weighted by Gasteiger charge is 2.25. The summed E-state index contributed by atoms with van der Waals surface area (Å²) in [6.45, 7) is 7.69. The molecule has 0 aliphatic heterocycles. The van der Waals surface area contributed by atoms with Crippen LogP contribution in [-0.4, -0.2) is 23.7 Å². The molecule has 1 fully saturated rings. The Morgan fingerprint density at radius 3 is 2.39 bits per heavy atom. The van der Waals surface area contributed by atoms with Gasteiger partial charge in [-0.2, -0.15) is 0 Å². The minimum Gasteiger partial charge on any atom is -0.481 e. The lowest BCUT2D eigenvalue weighted by atomic mass is 9.76. The molecule has 0 spiro atoms. The first kappa shape index (κ1) is 15.5. The van der Waals surface area contributed by atoms with Gasteiger partial charge in [-0.15, -0.1) is 0 Å². The van der Waals surface area contributed by atoms with Crippen LogP contribution in [0.2, 0.25) is 0 Å². The summed E-state index contributed by atoms with van der Waals surface area (Å²) in [5, 5.41) is 12.4. The average Bonchev–Trinajstić information content (AvgIpc) is 2.73. The van der Waals surface area contributed by atoms with Crippen molar-refractivity contribution in [1.29, 1.82) is 0 Å². The molecule has 0 radical (unpaired) electrons. The van der Waals surface area contributed by atoms with Crippen molar-refractivity contribution >= 4 is 5.97 Å². The maximum absolute atomic E-state index is 10.7. The maximum atomic E-state index is 10.7. The lowest BCUT2D eigenvalue weighted by Crippen LogP contribution is -2.31. The zero-order chi connectivity index (χ0) is 13.6. The molecule has 1 unspecified atom stereocenters. The molecular weight excluding hydrogens is 226 g/mol. The second kappa shape index (κ2) is 7.13. The molecule has 0 aromatic rings. The van der Waals surface area contributed by atoms with Gasteiger partial charge in [0.15, 0.2) is 0 Å². The molecule has 1 saturated carbocycles. The van der Waals surface area contributed by atoms with Gasteiger partial charge in [0.2, 0.25) is 0 Å². The zero-order valence-electron chi connectivity index (χ0n) is 12.2. The van der Waals surface area contributed by atoms with E-state index in [-0.39, 0.29) is 5.41 Å². The van der Waals surface area contributed by atoms with Gasteiger partial charge in [0.05, 0.1) is 0 Å². The maximum Gasteiger partial charge on any atom is 0.303 e. The van der Waals surface area contributed by atoms with E-state index in [1.54, 1.807) is 0 Å². The van der Waals surface area contributed by atoms with Crippen molar-refractivity contribution in [2.45, 2.75) is 71.8 Å². The lowest BCUT2D eigenvalue weighted by molar-refractivity contribution is -0.137. The molecule has 1 aliphatic carbocycles. The van der Waals surface area contributed by atoms with Crippen molar-refractivity contribution in [2.24, 2.45) is 11.3 Å². The molecule has 1 rings (SSSR count). The SMILES string of the molecule is CC(C)(C)C(CCNC1CCCC1)CCC(=O)O. The largest absolute Gasteiger partial charge is 0.481 e. The van der Waals surface area contributed by atoms with Gasteiger partial charge in [-0.25, -0.2) is 0 Å². The highest BCUT2D eigenvalue weighted by molar-refractivity contribution is 5.66. The molecule has 0 aromatic heterocycles. The number of nitrogens with one attached hydrogen (secondary N) is 1.